The van der Waals surface area contributed by atoms with Gasteiger partial charge in [0.2, 0.25) is 0 Å². The summed E-state index contributed by atoms with van der Waals surface area (Å²) in [4.78, 5) is 8.94. The molecule has 0 bridgehead atoms. The van der Waals surface area contributed by atoms with Gasteiger partial charge in [0.15, 0.2) is 0 Å². The van der Waals surface area contributed by atoms with Crippen LogP contribution in [0.1, 0.15) is 0 Å². The van der Waals surface area contributed by atoms with Crippen molar-refractivity contribution in [3.05, 3.63) is 185 Å². The molecule has 0 unspecified atom stereocenters. The molecule has 0 aliphatic rings. The van der Waals surface area contributed by atoms with E-state index < -0.39 is 5.82 Å². The Hall–Kier alpha value is -6.72. The van der Waals surface area contributed by atoms with Crippen molar-refractivity contribution in [2.45, 2.75) is 0 Å². The molecule has 0 atom stereocenters. The first-order valence-electron chi connectivity index (χ1n) is 18.0. The highest BCUT2D eigenvalue weighted by molar-refractivity contribution is 6.31. The van der Waals surface area contributed by atoms with Crippen LogP contribution in [0.15, 0.2) is 165 Å². The Morgan fingerprint density at radius 1 is 0.500 bits per heavy atom. The Kier molecular flexibility index (Phi) is 9.97. The first kappa shape index (κ1) is 36.9. The number of hydrogen-bond acceptors (Lipinski definition) is 5. The van der Waals surface area contributed by atoms with E-state index in [9.17, 15) is 4.39 Å². The molecule has 10 aromatic rings. The van der Waals surface area contributed by atoms with Crippen LogP contribution in [0.5, 0.6) is 5.75 Å². The van der Waals surface area contributed by atoms with Crippen molar-refractivity contribution >= 4 is 46.1 Å². The molecule has 58 heavy (non-hydrogen) atoms. The van der Waals surface area contributed by atoms with Crippen LogP contribution in [-0.2, 0) is 0 Å². The fraction of sp³-hybridized carbons (Fsp3) is 0.0222. The number of imidazole rings is 2. The largest absolute Gasteiger partial charge is 0.497 e. The molecule has 13 heteroatoms. The molecule has 0 aliphatic heterocycles. The molecule has 284 valence electrons. The molecule has 4 aromatic carbocycles. The first-order valence-corrected chi connectivity index (χ1v) is 19.1. The number of nitrogens with zero attached hydrogens (tertiary/aromatic N) is 8. The lowest BCUT2D eigenvalue weighted by molar-refractivity contribution is 0.415. The summed E-state index contributed by atoms with van der Waals surface area (Å²) in [5.41, 5.74) is 10.5. The number of fused-ring (bicyclic) bond motifs is 2. The Morgan fingerprint density at radius 2 is 0.983 bits per heavy atom. The molecule has 0 saturated heterocycles. The molecular weight excluding hydrogens is 794 g/mol. The summed E-state index contributed by atoms with van der Waals surface area (Å²) in [6.07, 6.45) is 11.1. The highest BCUT2D eigenvalue weighted by Crippen LogP contribution is 2.31. The highest BCUT2D eigenvalue weighted by atomic mass is 35.5. The van der Waals surface area contributed by atoms with Crippen LogP contribution >= 0.6 is 34.8 Å². The molecule has 0 aliphatic carbocycles. The van der Waals surface area contributed by atoms with Crippen LogP contribution in [0.25, 0.3) is 67.7 Å². The van der Waals surface area contributed by atoms with Gasteiger partial charge in [0, 0.05) is 49.7 Å². The summed E-state index contributed by atoms with van der Waals surface area (Å²) in [6.45, 7) is 0. The van der Waals surface area contributed by atoms with Crippen LogP contribution in [0.3, 0.4) is 0 Å². The minimum absolute atomic E-state index is 0.354. The van der Waals surface area contributed by atoms with Gasteiger partial charge in [0.05, 0.1) is 66.0 Å². The van der Waals surface area contributed by atoms with Gasteiger partial charge in [-0.3, -0.25) is 8.80 Å². The Balaban J connectivity index is 0.000000150. The van der Waals surface area contributed by atoms with Crippen LogP contribution < -0.4 is 4.74 Å². The maximum Gasteiger partial charge on any atom is 0.137 e. The lowest BCUT2D eigenvalue weighted by Gasteiger charge is -2.10. The average molecular weight is 824 g/mol. The van der Waals surface area contributed by atoms with Crippen molar-refractivity contribution in [3.8, 4) is 62.2 Å². The number of rotatable bonds is 7. The lowest BCUT2D eigenvalue weighted by atomic mass is 10.1. The number of ether oxygens (including phenoxy) is 1. The SMILES string of the molecule is COc1ccc(-c2cnc3ccc(-c4ccnn4-c4ccc(Cl)cc4)cn23)cc1.Fc1cc(Cl)ccc1-c1cnc2ccc(-c3ccnn3-c3ccc(Cl)cc3)cn12. The van der Waals surface area contributed by atoms with Gasteiger partial charge < -0.3 is 4.74 Å². The smallest absolute Gasteiger partial charge is 0.137 e. The number of benzene rings is 4. The molecule has 10 rings (SSSR count). The van der Waals surface area contributed by atoms with Gasteiger partial charge in [-0.15, -0.1) is 0 Å². The van der Waals surface area contributed by atoms with Crippen molar-refractivity contribution in [1.82, 2.24) is 38.3 Å². The monoisotopic (exact) mass is 822 g/mol. The number of aromatic nitrogens is 8. The molecule has 6 heterocycles. The number of methoxy groups -OCH3 is 1. The quantitative estimate of drug-likeness (QED) is 0.160. The van der Waals surface area contributed by atoms with Gasteiger partial charge in [-0.1, -0.05) is 34.8 Å². The zero-order valence-electron chi connectivity index (χ0n) is 30.6. The summed E-state index contributed by atoms with van der Waals surface area (Å²) >= 11 is 17.9. The summed E-state index contributed by atoms with van der Waals surface area (Å²) in [7, 11) is 1.67. The third-order valence-corrected chi connectivity index (χ3v) is 10.4. The second-order valence-corrected chi connectivity index (χ2v) is 14.5. The number of hydrogen-bond donors (Lipinski definition) is 0. The minimum Gasteiger partial charge on any atom is -0.497 e. The molecular formula is C45H30Cl3FN8O. The summed E-state index contributed by atoms with van der Waals surface area (Å²) in [6, 6.07) is 39.6. The molecule has 0 fully saturated rings. The Morgan fingerprint density at radius 3 is 1.50 bits per heavy atom. The highest BCUT2D eigenvalue weighted by Gasteiger charge is 2.15. The Bertz CT molecular complexity index is 3040. The van der Waals surface area contributed by atoms with Crippen molar-refractivity contribution in [2.75, 3.05) is 7.11 Å². The van der Waals surface area contributed by atoms with Gasteiger partial charge in [-0.25, -0.2) is 23.7 Å². The van der Waals surface area contributed by atoms with Crippen molar-refractivity contribution in [1.29, 1.82) is 0 Å². The van der Waals surface area contributed by atoms with E-state index in [0.29, 0.717) is 26.3 Å². The fourth-order valence-corrected chi connectivity index (χ4v) is 7.17. The lowest BCUT2D eigenvalue weighted by Crippen LogP contribution is -1.99. The van der Waals surface area contributed by atoms with Gasteiger partial charge in [0.1, 0.15) is 22.9 Å². The summed E-state index contributed by atoms with van der Waals surface area (Å²) < 4.78 is 27.4. The van der Waals surface area contributed by atoms with Crippen molar-refractivity contribution in [2.24, 2.45) is 0 Å². The normalized spacial score (nSPS) is 11.2. The molecule has 0 amide bonds. The van der Waals surface area contributed by atoms with Gasteiger partial charge in [-0.2, -0.15) is 10.2 Å². The molecule has 9 nitrogen and oxygen atoms in total. The van der Waals surface area contributed by atoms with E-state index in [2.05, 4.69) is 36.8 Å². The van der Waals surface area contributed by atoms with E-state index in [1.807, 2.05) is 129 Å². The average Bonchev–Trinajstić information content (AvgIpc) is 4.08. The third kappa shape index (κ3) is 7.20. The van der Waals surface area contributed by atoms with Crippen LogP contribution in [0.2, 0.25) is 15.1 Å². The summed E-state index contributed by atoms with van der Waals surface area (Å²) in [5.74, 6) is 0.436. The van der Waals surface area contributed by atoms with Gasteiger partial charge >= 0.3 is 0 Å². The maximum atomic E-state index is 14.5. The van der Waals surface area contributed by atoms with Gasteiger partial charge in [0.25, 0.3) is 0 Å². The van der Waals surface area contributed by atoms with E-state index in [0.717, 1.165) is 62.2 Å². The van der Waals surface area contributed by atoms with Crippen molar-refractivity contribution in [3.63, 3.8) is 0 Å². The number of pyridine rings is 2. The van der Waals surface area contributed by atoms with E-state index in [4.69, 9.17) is 39.5 Å². The number of halogens is 4. The zero-order valence-corrected chi connectivity index (χ0v) is 32.9. The predicted octanol–water partition coefficient (Wildman–Crippen LogP) is 11.8. The summed E-state index contributed by atoms with van der Waals surface area (Å²) in [5, 5.41) is 10.7. The molecule has 6 aromatic heterocycles. The van der Waals surface area contributed by atoms with E-state index >= 15 is 0 Å². The minimum atomic E-state index is -0.393. The van der Waals surface area contributed by atoms with E-state index in [-0.39, 0.29) is 0 Å². The van der Waals surface area contributed by atoms with Gasteiger partial charge in [-0.05, 0) is 127 Å². The maximum absolute atomic E-state index is 14.5. The standard InChI is InChI=1S/C23H17ClN4O.C22H13Cl2FN4/c1-29-20-9-2-16(3-10-20)22-14-25-23-11-4-17(15-27(22)23)21-12-13-26-28(21)19-7-5-18(24)6-8-19;23-15-2-5-17(6-3-15)29-20(9-10-27-29)14-1-8-22-26-12-21(28(22)13-14)18-7-4-16(24)11-19(18)25/h2-15H,1H3;1-13H. The topological polar surface area (TPSA) is 79.5 Å². The molecule has 0 saturated carbocycles. The third-order valence-electron chi connectivity index (χ3n) is 9.62. The van der Waals surface area contributed by atoms with Crippen molar-refractivity contribution < 1.29 is 9.13 Å². The van der Waals surface area contributed by atoms with E-state index in [1.165, 1.54) is 6.07 Å². The second kappa shape index (κ2) is 15.7. The second-order valence-electron chi connectivity index (χ2n) is 13.1. The molecule has 0 N–H and O–H groups in total. The fourth-order valence-electron chi connectivity index (χ4n) is 6.76. The zero-order chi connectivity index (χ0) is 39.8. The predicted molar refractivity (Wildman–Crippen MR) is 228 cm³/mol. The van der Waals surface area contributed by atoms with Crippen LogP contribution in [0, 0.1) is 5.82 Å². The Labute approximate surface area is 346 Å². The van der Waals surface area contributed by atoms with Crippen LogP contribution in [-0.4, -0.2) is 45.4 Å². The molecule has 0 radical (unpaired) electrons. The molecule has 0 spiro atoms. The first-order chi connectivity index (χ1) is 28.3. The van der Waals surface area contributed by atoms with Crippen LogP contribution in [0.4, 0.5) is 4.39 Å². The van der Waals surface area contributed by atoms with E-state index in [1.54, 1.807) is 37.8 Å².